The molecule has 0 amide bonds. The molecule has 0 aliphatic carbocycles. The number of fused-ring (bicyclic) bond motifs is 1. The molecule has 0 spiro atoms. The van der Waals surface area contributed by atoms with Gasteiger partial charge < -0.3 is 4.98 Å². The van der Waals surface area contributed by atoms with Crippen LogP contribution < -0.4 is 16.9 Å². The molecule has 3 heterocycles. The smallest absolute Gasteiger partial charge is 0.313 e. The third-order valence-electron chi connectivity index (χ3n) is 4.39. The van der Waals surface area contributed by atoms with Crippen molar-refractivity contribution >= 4 is 21.6 Å². The molecule has 0 fully saturated rings. The molecule has 0 unspecified atom stereocenters. The first-order valence-electron chi connectivity index (χ1n) is 8.41. The standard InChI is InChI=1S/C16H14F6N4O3S/c1-8-9(6-24-5-3-23-13(24)28)30-12-10(8)11(27)26(7-16(20,21)22)14(29)25(12)4-2-15(17,18)19/h3,5H,2,4,6-7H2,1H3,(H,23,28). The summed E-state index contributed by atoms with van der Waals surface area (Å²) in [5.74, 6) is 0. The van der Waals surface area contributed by atoms with Crippen molar-refractivity contribution in [2.24, 2.45) is 0 Å². The first kappa shape index (κ1) is 21.9. The van der Waals surface area contributed by atoms with Crippen molar-refractivity contribution < 1.29 is 26.3 Å². The minimum atomic E-state index is -4.93. The summed E-state index contributed by atoms with van der Waals surface area (Å²) in [6, 6.07) is 0. The van der Waals surface area contributed by atoms with Crippen molar-refractivity contribution in [3.63, 3.8) is 0 Å². The summed E-state index contributed by atoms with van der Waals surface area (Å²) in [5.41, 5.74) is -3.00. The van der Waals surface area contributed by atoms with E-state index in [2.05, 4.69) is 4.98 Å². The molecule has 1 N–H and O–H groups in total. The predicted octanol–water partition coefficient (Wildman–Crippen LogP) is 2.59. The topological polar surface area (TPSA) is 81.8 Å². The minimum absolute atomic E-state index is 0.0698. The Morgan fingerprint density at radius 2 is 1.70 bits per heavy atom. The van der Waals surface area contributed by atoms with Crippen molar-refractivity contribution in [3.8, 4) is 0 Å². The maximum absolute atomic E-state index is 12.9. The van der Waals surface area contributed by atoms with Crippen molar-refractivity contribution in [3.05, 3.63) is 54.2 Å². The second-order valence-electron chi connectivity index (χ2n) is 6.53. The molecule has 30 heavy (non-hydrogen) atoms. The Bertz CT molecular complexity index is 1260. The van der Waals surface area contributed by atoms with Gasteiger partial charge in [0.25, 0.3) is 5.56 Å². The van der Waals surface area contributed by atoms with Gasteiger partial charge in [0.15, 0.2) is 0 Å². The van der Waals surface area contributed by atoms with Gasteiger partial charge in [-0.15, -0.1) is 11.3 Å². The van der Waals surface area contributed by atoms with E-state index in [0.29, 0.717) is 9.44 Å². The average molecular weight is 456 g/mol. The fourth-order valence-corrected chi connectivity index (χ4v) is 4.29. The Labute approximate surface area is 166 Å². The predicted molar refractivity (Wildman–Crippen MR) is 96.0 cm³/mol. The molecule has 0 radical (unpaired) electrons. The number of thiophene rings is 1. The monoisotopic (exact) mass is 456 g/mol. The zero-order chi connectivity index (χ0) is 22.4. The number of alkyl halides is 6. The second kappa shape index (κ2) is 7.49. The number of hydrogen-bond acceptors (Lipinski definition) is 4. The molecular formula is C16H14F6N4O3S. The van der Waals surface area contributed by atoms with Gasteiger partial charge in [-0.2, -0.15) is 26.3 Å². The first-order chi connectivity index (χ1) is 13.8. The summed E-state index contributed by atoms with van der Waals surface area (Å²) in [5, 5.41) is -0.274. The lowest BCUT2D eigenvalue weighted by molar-refractivity contribution is -0.143. The SMILES string of the molecule is Cc1c(Cn2cc[nH]c2=O)sc2c1c(=O)n(CC(F)(F)F)c(=O)n2CCC(F)(F)F. The van der Waals surface area contributed by atoms with Crippen molar-refractivity contribution in [1.29, 1.82) is 0 Å². The molecule has 0 bridgehead atoms. The van der Waals surface area contributed by atoms with Crippen LogP contribution in [0.5, 0.6) is 0 Å². The Morgan fingerprint density at radius 3 is 2.23 bits per heavy atom. The van der Waals surface area contributed by atoms with E-state index in [1.165, 1.54) is 23.9 Å². The number of rotatable bonds is 5. The maximum Gasteiger partial charge on any atom is 0.406 e. The number of nitrogens with one attached hydrogen (secondary N) is 1. The van der Waals surface area contributed by atoms with Gasteiger partial charge in [-0.1, -0.05) is 0 Å². The van der Waals surface area contributed by atoms with Crippen LogP contribution in [0.3, 0.4) is 0 Å². The summed E-state index contributed by atoms with van der Waals surface area (Å²) >= 11 is 0.790. The van der Waals surface area contributed by atoms with E-state index in [0.717, 1.165) is 11.3 Å². The lowest BCUT2D eigenvalue weighted by atomic mass is 10.2. The van der Waals surface area contributed by atoms with Crippen LogP contribution in [0, 0.1) is 6.92 Å². The molecule has 14 heteroatoms. The molecule has 3 aromatic rings. The van der Waals surface area contributed by atoms with Crippen LogP contribution >= 0.6 is 11.3 Å². The highest BCUT2D eigenvalue weighted by Crippen LogP contribution is 2.30. The van der Waals surface area contributed by atoms with Crippen molar-refractivity contribution in [1.82, 2.24) is 18.7 Å². The lowest BCUT2D eigenvalue weighted by Gasteiger charge is -2.14. The molecule has 0 aromatic carbocycles. The van der Waals surface area contributed by atoms with Gasteiger partial charge in [0.2, 0.25) is 0 Å². The van der Waals surface area contributed by atoms with Crippen LogP contribution in [0.1, 0.15) is 16.9 Å². The van der Waals surface area contributed by atoms with E-state index >= 15 is 0 Å². The average Bonchev–Trinajstić information content (AvgIpc) is 3.14. The van der Waals surface area contributed by atoms with Gasteiger partial charge in [-0.25, -0.2) is 9.59 Å². The van der Waals surface area contributed by atoms with Crippen LogP contribution in [-0.4, -0.2) is 31.0 Å². The van der Waals surface area contributed by atoms with Crippen LogP contribution in [0.15, 0.2) is 26.8 Å². The van der Waals surface area contributed by atoms with E-state index in [4.69, 9.17) is 0 Å². The number of hydrogen-bond donors (Lipinski definition) is 1. The maximum atomic E-state index is 12.9. The Morgan fingerprint density at radius 1 is 1.03 bits per heavy atom. The van der Waals surface area contributed by atoms with E-state index < -0.39 is 48.8 Å². The number of nitrogens with zero attached hydrogens (tertiary/aromatic N) is 3. The van der Waals surface area contributed by atoms with E-state index in [-0.39, 0.29) is 26.9 Å². The van der Waals surface area contributed by atoms with Gasteiger partial charge in [-0.05, 0) is 12.5 Å². The molecule has 0 aliphatic rings. The molecule has 3 aromatic heterocycles. The van der Waals surface area contributed by atoms with Gasteiger partial charge >= 0.3 is 23.7 Å². The van der Waals surface area contributed by atoms with Gasteiger partial charge in [-0.3, -0.25) is 18.5 Å². The number of imidazole rings is 1. The summed E-state index contributed by atoms with van der Waals surface area (Å²) in [7, 11) is 0. The first-order valence-corrected chi connectivity index (χ1v) is 9.23. The van der Waals surface area contributed by atoms with Crippen LogP contribution in [0.4, 0.5) is 26.3 Å². The summed E-state index contributed by atoms with van der Waals surface area (Å²) < 4.78 is 78.4. The Hall–Kier alpha value is -2.77. The van der Waals surface area contributed by atoms with Gasteiger partial charge in [0.05, 0.1) is 18.4 Å². The molecule has 7 nitrogen and oxygen atoms in total. The lowest BCUT2D eigenvalue weighted by Crippen LogP contribution is -2.43. The number of H-pyrrole nitrogens is 1. The number of aromatic nitrogens is 4. The zero-order valence-electron chi connectivity index (χ0n) is 15.2. The molecule has 3 rings (SSSR count). The largest absolute Gasteiger partial charge is 0.406 e. The van der Waals surface area contributed by atoms with Crippen LogP contribution in [0.25, 0.3) is 10.2 Å². The summed E-state index contributed by atoms with van der Waals surface area (Å²) in [6.45, 7) is -1.53. The normalized spacial score (nSPS) is 12.8. The molecule has 164 valence electrons. The molecule has 0 atom stereocenters. The highest BCUT2D eigenvalue weighted by molar-refractivity contribution is 7.18. The second-order valence-corrected chi connectivity index (χ2v) is 7.61. The molecular weight excluding hydrogens is 442 g/mol. The summed E-state index contributed by atoms with van der Waals surface area (Å²) in [6.07, 6.45) is -8.31. The summed E-state index contributed by atoms with van der Waals surface area (Å²) in [4.78, 5) is 39.4. The van der Waals surface area contributed by atoms with E-state index in [1.54, 1.807) is 0 Å². The number of halogens is 6. The molecule has 0 saturated heterocycles. The highest BCUT2D eigenvalue weighted by Gasteiger charge is 2.33. The highest BCUT2D eigenvalue weighted by atomic mass is 32.1. The Balaban J connectivity index is 2.25. The molecule has 0 saturated carbocycles. The zero-order valence-corrected chi connectivity index (χ0v) is 16.0. The van der Waals surface area contributed by atoms with Crippen LogP contribution in [0.2, 0.25) is 0 Å². The van der Waals surface area contributed by atoms with Gasteiger partial charge in [0.1, 0.15) is 11.4 Å². The molecule has 0 aliphatic heterocycles. The Kier molecular flexibility index (Phi) is 5.47. The number of aryl methyl sites for hydroxylation is 2. The quantitative estimate of drug-likeness (QED) is 0.600. The van der Waals surface area contributed by atoms with Gasteiger partial charge in [0, 0.05) is 23.8 Å². The third-order valence-corrected chi connectivity index (χ3v) is 5.68. The van der Waals surface area contributed by atoms with Crippen molar-refractivity contribution in [2.45, 2.75) is 45.3 Å². The van der Waals surface area contributed by atoms with Crippen LogP contribution in [-0.2, 0) is 19.6 Å². The fraction of sp³-hybridized carbons (Fsp3) is 0.438. The van der Waals surface area contributed by atoms with E-state index in [1.807, 2.05) is 0 Å². The number of aromatic amines is 1. The van der Waals surface area contributed by atoms with E-state index in [9.17, 15) is 40.7 Å². The van der Waals surface area contributed by atoms with Crippen molar-refractivity contribution in [2.75, 3.05) is 0 Å². The minimum Gasteiger partial charge on any atom is -0.313 e. The fourth-order valence-electron chi connectivity index (χ4n) is 2.97. The third kappa shape index (κ3) is 4.37.